The summed E-state index contributed by atoms with van der Waals surface area (Å²) >= 11 is 0. The molecule has 0 aromatic heterocycles. The van der Waals surface area contributed by atoms with E-state index in [4.69, 9.17) is 0 Å². The lowest BCUT2D eigenvalue weighted by Crippen LogP contribution is -2.42. The van der Waals surface area contributed by atoms with E-state index in [9.17, 15) is 4.79 Å². The van der Waals surface area contributed by atoms with Crippen molar-refractivity contribution in [2.75, 3.05) is 6.54 Å². The number of nitrogens with one attached hydrogen (secondary N) is 2. The van der Waals surface area contributed by atoms with Gasteiger partial charge in [0.15, 0.2) is 0 Å². The Bertz CT molecular complexity index is 436. The first-order chi connectivity index (χ1) is 9.70. The molecular weight excluding hydrogens is 248 g/mol. The molecule has 0 heterocycles. The van der Waals surface area contributed by atoms with Crippen LogP contribution >= 0.6 is 0 Å². The summed E-state index contributed by atoms with van der Waals surface area (Å²) in [5, 5.41) is 6.76. The highest BCUT2D eigenvalue weighted by atomic mass is 16.1. The van der Waals surface area contributed by atoms with Crippen LogP contribution in [0.4, 0.5) is 0 Å². The Kier molecular flexibility index (Phi) is 5.60. The van der Waals surface area contributed by atoms with Gasteiger partial charge in [0.2, 0.25) is 0 Å². The minimum Gasteiger partial charge on any atom is -0.349 e. The van der Waals surface area contributed by atoms with Gasteiger partial charge in [-0.25, -0.2) is 0 Å². The molecule has 0 bridgehead atoms. The summed E-state index contributed by atoms with van der Waals surface area (Å²) in [5.74, 6) is 0.0769. The van der Waals surface area contributed by atoms with Crippen molar-refractivity contribution in [1.29, 1.82) is 0 Å². The van der Waals surface area contributed by atoms with Gasteiger partial charge < -0.3 is 10.6 Å². The zero-order valence-corrected chi connectivity index (χ0v) is 12.6. The third-order valence-electron chi connectivity index (χ3n) is 4.14. The Balaban J connectivity index is 1.81. The van der Waals surface area contributed by atoms with E-state index in [0.717, 1.165) is 30.5 Å². The SMILES string of the molecule is CCCNC1CCC(NC(=O)c2ccccc2C)CC1. The number of hydrogen-bond acceptors (Lipinski definition) is 2. The second kappa shape index (κ2) is 7.44. The van der Waals surface area contributed by atoms with E-state index in [1.165, 1.54) is 19.3 Å². The van der Waals surface area contributed by atoms with Gasteiger partial charge in [-0.2, -0.15) is 0 Å². The number of benzene rings is 1. The number of hydrogen-bond donors (Lipinski definition) is 2. The lowest BCUT2D eigenvalue weighted by molar-refractivity contribution is 0.0923. The summed E-state index contributed by atoms with van der Waals surface area (Å²) in [6.07, 6.45) is 5.68. The smallest absolute Gasteiger partial charge is 0.251 e. The molecule has 110 valence electrons. The molecule has 0 radical (unpaired) electrons. The molecule has 1 aromatic rings. The number of carbonyl (C=O) groups is 1. The van der Waals surface area contributed by atoms with Crippen molar-refractivity contribution in [3.05, 3.63) is 35.4 Å². The Morgan fingerprint density at radius 1 is 1.15 bits per heavy atom. The maximum absolute atomic E-state index is 12.3. The monoisotopic (exact) mass is 274 g/mol. The fraction of sp³-hybridized carbons (Fsp3) is 0.588. The average Bonchev–Trinajstić information content (AvgIpc) is 2.47. The topological polar surface area (TPSA) is 41.1 Å². The minimum atomic E-state index is 0.0769. The summed E-state index contributed by atoms with van der Waals surface area (Å²) in [5.41, 5.74) is 1.85. The molecule has 0 spiro atoms. The van der Waals surface area contributed by atoms with Crippen LogP contribution in [0.1, 0.15) is 54.9 Å². The molecule has 0 saturated heterocycles. The van der Waals surface area contributed by atoms with Gasteiger partial charge in [0, 0.05) is 17.6 Å². The number of amides is 1. The first-order valence-corrected chi connectivity index (χ1v) is 7.80. The van der Waals surface area contributed by atoms with Crippen molar-refractivity contribution in [3.63, 3.8) is 0 Å². The summed E-state index contributed by atoms with van der Waals surface area (Å²) in [4.78, 5) is 12.3. The molecule has 1 aliphatic rings. The van der Waals surface area contributed by atoms with Crippen LogP contribution in [0.3, 0.4) is 0 Å². The van der Waals surface area contributed by atoms with Gasteiger partial charge in [-0.15, -0.1) is 0 Å². The summed E-state index contributed by atoms with van der Waals surface area (Å²) < 4.78 is 0. The summed E-state index contributed by atoms with van der Waals surface area (Å²) in [7, 11) is 0. The van der Waals surface area contributed by atoms with Gasteiger partial charge >= 0.3 is 0 Å². The van der Waals surface area contributed by atoms with Crippen LogP contribution < -0.4 is 10.6 Å². The summed E-state index contributed by atoms with van der Waals surface area (Å²) in [6, 6.07) is 8.76. The second-order valence-electron chi connectivity index (χ2n) is 5.79. The Labute approximate surface area is 122 Å². The molecule has 3 nitrogen and oxygen atoms in total. The van der Waals surface area contributed by atoms with Gasteiger partial charge in [0.25, 0.3) is 5.91 Å². The predicted octanol–water partition coefficient (Wildman–Crippen LogP) is 3.04. The molecule has 20 heavy (non-hydrogen) atoms. The number of aryl methyl sites for hydroxylation is 1. The quantitative estimate of drug-likeness (QED) is 0.866. The van der Waals surface area contributed by atoms with Crippen molar-refractivity contribution in [2.24, 2.45) is 0 Å². The van der Waals surface area contributed by atoms with Crippen LogP contribution in [0.5, 0.6) is 0 Å². The molecule has 0 atom stereocenters. The maximum Gasteiger partial charge on any atom is 0.251 e. The highest BCUT2D eigenvalue weighted by molar-refractivity contribution is 5.95. The molecule has 1 fully saturated rings. The molecule has 1 aliphatic carbocycles. The van der Waals surface area contributed by atoms with E-state index in [1.54, 1.807) is 0 Å². The summed E-state index contributed by atoms with van der Waals surface area (Å²) in [6.45, 7) is 5.28. The standard InChI is InChI=1S/C17H26N2O/c1-3-12-18-14-8-10-15(11-9-14)19-17(20)16-7-5-4-6-13(16)2/h4-7,14-15,18H,3,8-12H2,1-2H3,(H,19,20). The highest BCUT2D eigenvalue weighted by Crippen LogP contribution is 2.19. The molecule has 0 aliphatic heterocycles. The average molecular weight is 274 g/mol. The van der Waals surface area contributed by atoms with Crippen LogP contribution in [0.15, 0.2) is 24.3 Å². The van der Waals surface area contributed by atoms with E-state index in [-0.39, 0.29) is 5.91 Å². The molecule has 0 unspecified atom stereocenters. The van der Waals surface area contributed by atoms with Crippen LogP contribution in [-0.4, -0.2) is 24.5 Å². The van der Waals surface area contributed by atoms with Gasteiger partial charge in [-0.05, 0) is 57.2 Å². The third kappa shape index (κ3) is 4.07. The lowest BCUT2D eigenvalue weighted by Gasteiger charge is -2.29. The molecule has 2 N–H and O–H groups in total. The molecular formula is C17H26N2O. The second-order valence-corrected chi connectivity index (χ2v) is 5.79. The zero-order chi connectivity index (χ0) is 14.4. The third-order valence-corrected chi connectivity index (χ3v) is 4.14. The normalized spacial score (nSPS) is 22.5. The van der Waals surface area contributed by atoms with Gasteiger partial charge in [0.05, 0.1) is 0 Å². The fourth-order valence-electron chi connectivity index (χ4n) is 2.88. The first kappa shape index (κ1) is 15.0. The Morgan fingerprint density at radius 3 is 2.45 bits per heavy atom. The number of carbonyl (C=O) groups excluding carboxylic acids is 1. The fourth-order valence-corrected chi connectivity index (χ4v) is 2.88. The van der Waals surface area contributed by atoms with Crippen molar-refractivity contribution >= 4 is 5.91 Å². The van der Waals surface area contributed by atoms with E-state index in [1.807, 2.05) is 31.2 Å². The Morgan fingerprint density at radius 2 is 1.80 bits per heavy atom. The highest BCUT2D eigenvalue weighted by Gasteiger charge is 2.22. The van der Waals surface area contributed by atoms with Crippen molar-refractivity contribution < 1.29 is 4.79 Å². The van der Waals surface area contributed by atoms with E-state index >= 15 is 0 Å². The van der Waals surface area contributed by atoms with E-state index < -0.39 is 0 Å². The van der Waals surface area contributed by atoms with Gasteiger partial charge in [0.1, 0.15) is 0 Å². The molecule has 1 saturated carbocycles. The van der Waals surface area contributed by atoms with Crippen molar-refractivity contribution in [3.8, 4) is 0 Å². The van der Waals surface area contributed by atoms with Crippen LogP contribution in [0, 0.1) is 6.92 Å². The molecule has 1 aromatic carbocycles. The Hall–Kier alpha value is -1.35. The number of rotatable bonds is 5. The van der Waals surface area contributed by atoms with Crippen LogP contribution in [0.2, 0.25) is 0 Å². The lowest BCUT2D eigenvalue weighted by atomic mass is 9.91. The minimum absolute atomic E-state index is 0.0769. The van der Waals surface area contributed by atoms with Crippen LogP contribution in [0.25, 0.3) is 0 Å². The van der Waals surface area contributed by atoms with Crippen molar-refractivity contribution in [2.45, 2.75) is 58.0 Å². The molecule has 1 amide bonds. The van der Waals surface area contributed by atoms with E-state index in [2.05, 4.69) is 17.6 Å². The van der Waals surface area contributed by atoms with Gasteiger partial charge in [-0.3, -0.25) is 4.79 Å². The maximum atomic E-state index is 12.3. The van der Waals surface area contributed by atoms with Crippen LogP contribution in [-0.2, 0) is 0 Å². The predicted molar refractivity (Wildman–Crippen MR) is 83.0 cm³/mol. The first-order valence-electron chi connectivity index (χ1n) is 7.80. The van der Waals surface area contributed by atoms with E-state index in [0.29, 0.717) is 12.1 Å². The molecule has 3 heteroatoms. The van der Waals surface area contributed by atoms with Gasteiger partial charge in [-0.1, -0.05) is 25.1 Å². The molecule has 2 rings (SSSR count). The zero-order valence-electron chi connectivity index (χ0n) is 12.6. The van der Waals surface area contributed by atoms with Crippen molar-refractivity contribution in [1.82, 2.24) is 10.6 Å². The largest absolute Gasteiger partial charge is 0.349 e.